The topological polar surface area (TPSA) is 15.7 Å². The molecule has 2 aliphatic rings. The number of fused-ring (bicyclic) bond motifs is 2. The van der Waals surface area contributed by atoms with Crippen LogP contribution in [0.3, 0.4) is 0 Å². The second-order valence-electron chi connectivity index (χ2n) is 8.05. The van der Waals surface area contributed by atoms with Crippen molar-refractivity contribution >= 4 is 5.69 Å². The first-order valence-corrected chi connectivity index (χ1v) is 8.84. The zero-order valence-electron chi connectivity index (χ0n) is 15.3. The first-order valence-electron chi connectivity index (χ1n) is 8.84. The number of halogens is 1. The molecule has 3 nitrogen and oxygen atoms in total. The summed E-state index contributed by atoms with van der Waals surface area (Å²) < 4.78 is 21.1. The third-order valence-electron chi connectivity index (χ3n) is 5.32. The van der Waals surface area contributed by atoms with Gasteiger partial charge in [-0.1, -0.05) is 44.2 Å². The molecule has 0 radical (unpaired) electrons. The van der Waals surface area contributed by atoms with Gasteiger partial charge in [-0.2, -0.15) is 0 Å². The Labute approximate surface area is 149 Å². The van der Waals surface area contributed by atoms with E-state index in [1.54, 1.807) is 6.07 Å². The average molecular weight is 340 g/mol. The molecule has 132 valence electrons. The van der Waals surface area contributed by atoms with Gasteiger partial charge < -0.3 is 14.5 Å². The highest BCUT2D eigenvalue weighted by Crippen LogP contribution is 2.50. The maximum Gasteiger partial charge on any atom is 0.146 e. The van der Waals surface area contributed by atoms with Crippen molar-refractivity contribution in [2.24, 2.45) is 0 Å². The Morgan fingerprint density at radius 3 is 2.68 bits per heavy atom. The quantitative estimate of drug-likeness (QED) is 0.840. The summed E-state index contributed by atoms with van der Waals surface area (Å²) in [6.07, 6.45) is -0.0197. The molecule has 4 heteroatoms. The molecule has 4 rings (SSSR count). The number of benzene rings is 2. The van der Waals surface area contributed by atoms with Crippen LogP contribution in [0.2, 0.25) is 0 Å². The normalized spacial score (nSPS) is 23.5. The Kier molecular flexibility index (Phi) is 3.76. The van der Waals surface area contributed by atoms with Gasteiger partial charge in [-0.05, 0) is 31.8 Å². The van der Waals surface area contributed by atoms with Crippen molar-refractivity contribution in [3.63, 3.8) is 0 Å². The summed E-state index contributed by atoms with van der Waals surface area (Å²) in [6, 6.07) is 13.6. The Bertz CT molecular complexity index is 802. The largest absolute Gasteiger partial charge is 0.486 e. The molecular weight excluding hydrogens is 315 g/mol. The SMILES string of the molecule is CN(C)C[C@@H]1Oc2ccccc2[C@H]1N1CC(C)(C)c2cccc(F)c21. The lowest BCUT2D eigenvalue weighted by atomic mass is 9.87. The first kappa shape index (κ1) is 16.4. The third kappa shape index (κ3) is 2.60. The van der Waals surface area contributed by atoms with Crippen LogP contribution in [-0.4, -0.2) is 38.2 Å². The summed E-state index contributed by atoms with van der Waals surface area (Å²) in [7, 11) is 4.09. The molecular formula is C21H25FN2O. The number of hydrogen-bond acceptors (Lipinski definition) is 3. The van der Waals surface area contributed by atoms with Crippen LogP contribution in [0, 0.1) is 5.82 Å². The van der Waals surface area contributed by atoms with E-state index in [9.17, 15) is 4.39 Å². The van der Waals surface area contributed by atoms with Crippen molar-refractivity contribution < 1.29 is 9.13 Å². The van der Waals surface area contributed by atoms with E-state index < -0.39 is 0 Å². The van der Waals surface area contributed by atoms with Gasteiger partial charge in [0.15, 0.2) is 0 Å². The molecule has 2 aromatic carbocycles. The zero-order chi connectivity index (χ0) is 17.8. The maximum atomic E-state index is 14.8. The molecule has 25 heavy (non-hydrogen) atoms. The number of rotatable bonds is 3. The summed E-state index contributed by atoms with van der Waals surface area (Å²) >= 11 is 0. The van der Waals surface area contributed by atoms with Gasteiger partial charge in [-0.15, -0.1) is 0 Å². The summed E-state index contributed by atoms with van der Waals surface area (Å²) in [6.45, 7) is 5.96. The van der Waals surface area contributed by atoms with Crippen molar-refractivity contribution in [2.45, 2.75) is 31.4 Å². The van der Waals surface area contributed by atoms with Gasteiger partial charge in [0, 0.05) is 24.1 Å². The Balaban J connectivity index is 1.83. The zero-order valence-corrected chi connectivity index (χ0v) is 15.3. The van der Waals surface area contributed by atoms with Gasteiger partial charge in [-0.3, -0.25) is 0 Å². The minimum Gasteiger partial charge on any atom is -0.486 e. The van der Waals surface area contributed by atoms with Crippen molar-refractivity contribution in [3.05, 3.63) is 59.4 Å². The molecule has 0 unspecified atom stereocenters. The molecule has 2 atom stereocenters. The number of hydrogen-bond donors (Lipinski definition) is 0. The summed E-state index contributed by atoms with van der Waals surface area (Å²) in [5.41, 5.74) is 2.89. The molecule has 2 heterocycles. The van der Waals surface area contributed by atoms with Gasteiger partial charge in [0.1, 0.15) is 17.7 Å². The third-order valence-corrected chi connectivity index (χ3v) is 5.32. The lowest BCUT2D eigenvalue weighted by Gasteiger charge is -2.33. The smallest absolute Gasteiger partial charge is 0.146 e. The fraction of sp³-hybridized carbons (Fsp3) is 0.429. The second kappa shape index (κ2) is 5.73. The molecule has 0 amide bonds. The predicted octanol–water partition coefficient (Wildman–Crippen LogP) is 3.99. The summed E-state index contributed by atoms with van der Waals surface area (Å²) in [4.78, 5) is 4.36. The van der Waals surface area contributed by atoms with Crippen molar-refractivity contribution in [1.82, 2.24) is 4.90 Å². The highest BCUT2D eigenvalue weighted by Gasteiger charge is 2.46. The monoisotopic (exact) mass is 340 g/mol. The summed E-state index contributed by atoms with van der Waals surface area (Å²) in [5.74, 6) is 0.776. The molecule has 0 saturated heterocycles. The van der Waals surface area contributed by atoms with E-state index in [-0.39, 0.29) is 23.4 Å². The number of para-hydroxylation sites is 2. The molecule has 0 N–H and O–H groups in total. The van der Waals surface area contributed by atoms with E-state index in [0.29, 0.717) is 0 Å². The van der Waals surface area contributed by atoms with E-state index in [4.69, 9.17) is 4.74 Å². The standard InChI is InChI=1S/C21H25FN2O/c1-21(2)13-24(20-15(21)9-7-10-16(20)22)19-14-8-5-6-11-17(14)25-18(19)12-23(3)4/h5-11,18-19H,12-13H2,1-4H3/t18-,19+/m0/s1. The fourth-order valence-corrected chi connectivity index (χ4v) is 4.31. The fourth-order valence-electron chi connectivity index (χ4n) is 4.31. The van der Waals surface area contributed by atoms with E-state index in [1.807, 2.05) is 38.4 Å². The minimum absolute atomic E-state index is 0.0197. The molecule has 0 bridgehead atoms. The van der Waals surface area contributed by atoms with Crippen LogP contribution < -0.4 is 9.64 Å². The van der Waals surface area contributed by atoms with E-state index >= 15 is 0 Å². The minimum atomic E-state index is -0.143. The molecule has 0 saturated carbocycles. The molecule has 2 aromatic rings. The lowest BCUT2D eigenvalue weighted by Crippen LogP contribution is -2.42. The van der Waals surface area contributed by atoms with Gasteiger partial charge in [-0.25, -0.2) is 4.39 Å². The molecule has 0 aliphatic carbocycles. The summed E-state index contributed by atoms with van der Waals surface area (Å²) in [5, 5.41) is 0. The molecule has 0 aromatic heterocycles. The Hall–Kier alpha value is -2.07. The van der Waals surface area contributed by atoms with Gasteiger partial charge in [0.25, 0.3) is 0 Å². The van der Waals surface area contributed by atoms with Crippen LogP contribution in [0.4, 0.5) is 10.1 Å². The number of likely N-dealkylation sites (N-methyl/N-ethyl adjacent to an activating group) is 1. The molecule has 0 fully saturated rings. The van der Waals surface area contributed by atoms with Crippen LogP contribution in [0.1, 0.15) is 31.0 Å². The van der Waals surface area contributed by atoms with E-state index in [2.05, 4.69) is 35.8 Å². The average Bonchev–Trinajstić information content (AvgIpc) is 3.02. The van der Waals surface area contributed by atoms with Gasteiger partial charge in [0.05, 0.1) is 11.7 Å². The first-order chi connectivity index (χ1) is 11.9. The van der Waals surface area contributed by atoms with Crippen molar-refractivity contribution in [2.75, 3.05) is 32.1 Å². The van der Waals surface area contributed by atoms with Crippen LogP contribution in [0.15, 0.2) is 42.5 Å². The van der Waals surface area contributed by atoms with Crippen LogP contribution >= 0.6 is 0 Å². The Morgan fingerprint density at radius 2 is 1.92 bits per heavy atom. The Morgan fingerprint density at radius 1 is 1.16 bits per heavy atom. The van der Waals surface area contributed by atoms with Crippen LogP contribution in [0.25, 0.3) is 0 Å². The van der Waals surface area contributed by atoms with Crippen LogP contribution in [-0.2, 0) is 5.41 Å². The second-order valence-corrected chi connectivity index (χ2v) is 8.05. The predicted molar refractivity (Wildman–Crippen MR) is 98.9 cm³/mol. The highest BCUT2D eigenvalue weighted by molar-refractivity contribution is 5.65. The highest BCUT2D eigenvalue weighted by atomic mass is 19.1. The molecule has 2 aliphatic heterocycles. The lowest BCUT2D eigenvalue weighted by molar-refractivity contribution is 0.159. The van der Waals surface area contributed by atoms with Crippen LogP contribution in [0.5, 0.6) is 5.75 Å². The van der Waals surface area contributed by atoms with Crippen molar-refractivity contribution in [3.8, 4) is 5.75 Å². The van der Waals surface area contributed by atoms with E-state index in [1.165, 1.54) is 0 Å². The number of nitrogens with zero attached hydrogens (tertiary/aromatic N) is 2. The molecule has 0 spiro atoms. The van der Waals surface area contributed by atoms with Crippen molar-refractivity contribution in [1.29, 1.82) is 0 Å². The van der Waals surface area contributed by atoms with Gasteiger partial charge in [0.2, 0.25) is 0 Å². The maximum absolute atomic E-state index is 14.8. The van der Waals surface area contributed by atoms with Gasteiger partial charge >= 0.3 is 0 Å². The number of ether oxygens (including phenoxy) is 1. The number of anilines is 1. The van der Waals surface area contributed by atoms with E-state index in [0.717, 1.165) is 35.7 Å².